The van der Waals surface area contributed by atoms with Crippen molar-refractivity contribution >= 4 is 27.5 Å². The summed E-state index contributed by atoms with van der Waals surface area (Å²) >= 11 is 9.30. The molecule has 0 fully saturated rings. The first-order chi connectivity index (χ1) is 8.60. The molecule has 0 unspecified atom stereocenters. The Morgan fingerprint density at radius 1 is 1.00 bits per heavy atom. The molecule has 94 valence electrons. The molecule has 3 heteroatoms. The van der Waals surface area contributed by atoms with E-state index in [1.807, 2.05) is 36.4 Å². The standard InChI is InChI=1S/C15H14BrClO/c1-10-7-14(8-11(2)15(10)16)18-13-5-3-12(9-17)4-6-13/h3-8H,9H2,1-2H3. The molecule has 0 aromatic heterocycles. The first-order valence-electron chi connectivity index (χ1n) is 5.69. The molecule has 0 N–H and O–H groups in total. The van der Waals surface area contributed by atoms with Gasteiger partial charge in [0, 0.05) is 10.4 Å². The highest BCUT2D eigenvalue weighted by Crippen LogP contribution is 2.29. The molecule has 0 radical (unpaired) electrons. The Labute approximate surface area is 121 Å². The molecule has 1 nitrogen and oxygen atoms in total. The third-order valence-corrected chi connectivity index (χ3v) is 4.28. The van der Waals surface area contributed by atoms with Gasteiger partial charge in [-0.25, -0.2) is 0 Å². The Bertz CT molecular complexity index is 526. The van der Waals surface area contributed by atoms with Gasteiger partial charge in [0.1, 0.15) is 11.5 Å². The van der Waals surface area contributed by atoms with Crippen LogP contribution in [0, 0.1) is 13.8 Å². The third-order valence-electron chi connectivity index (χ3n) is 2.72. The van der Waals surface area contributed by atoms with Gasteiger partial charge in [-0.05, 0) is 54.8 Å². The third kappa shape index (κ3) is 3.06. The average molecular weight is 326 g/mol. The van der Waals surface area contributed by atoms with Crippen molar-refractivity contribution in [1.82, 2.24) is 0 Å². The van der Waals surface area contributed by atoms with E-state index in [2.05, 4.69) is 29.8 Å². The molecule has 0 heterocycles. The molecule has 2 aromatic rings. The van der Waals surface area contributed by atoms with Gasteiger partial charge in [0.15, 0.2) is 0 Å². The van der Waals surface area contributed by atoms with Gasteiger partial charge in [0.05, 0.1) is 0 Å². The van der Waals surface area contributed by atoms with Gasteiger partial charge in [0.2, 0.25) is 0 Å². The first kappa shape index (κ1) is 13.4. The van der Waals surface area contributed by atoms with Crippen LogP contribution in [0.2, 0.25) is 0 Å². The van der Waals surface area contributed by atoms with Gasteiger partial charge < -0.3 is 4.74 Å². The summed E-state index contributed by atoms with van der Waals surface area (Å²) in [6, 6.07) is 11.9. The largest absolute Gasteiger partial charge is 0.457 e. The van der Waals surface area contributed by atoms with E-state index in [0.717, 1.165) is 21.5 Å². The highest BCUT2D eigenvalue weighted by atomic mass is 79.9. The number of hydrogen-bond donors (Lipinski definition) is 0. The summed E-state index contributed by atoms with van der Waals surface area (Å²) in [5.74, 6) is 2.20. The van der Waals surface area contributed by atoms with Gasteiger partial charge in [0.25, 0.3) is 0 Å². The molecule has 0 atom stereocenters. The fraction of sp³-hybridized carbons (Fsp3) is 0.200. The molecular weight excluding hydrogens is 312 g/mol. The summed E-state index contributed by atoms with van der Waals surface area (Å²) < 4.78 is 6.96. The molecule has 0 amide bonds. The maximum atomic E-state index is 5.83. The van der Waals surface area contributed by atoms with Crippen molar-refractivity contribution in [2.24, 2.45) is 0 Å². The fourth-order valence-electron chi connectivity index (χ4n) is 1.75. The predicted octanol–water partition coefficient (Wildman–Crippen LogP) is 5.60. The van der Waals surface area contributed by atoms with E-state index in [0.29, 0.717) is 5.88 Å². The Morgan fingerprint density at radius 2 is 1.56 bits per heavy atom. The number of alkyl halides is 1. The zero-order valence-corrected chi connectivity index (χ0v) is 12.7. The van der Waals surface area contributed by atoms with Gasteiger partial charge in [-0.1, -0.05) is 28.1 Å². The summed E-state index contributed by atoms with van der Waals surface area (Å²) in [6.45, 7) is 4.11. The van der Waals surface area contributed by atoms with Crippen molar-refractivity contribution in [2.45, 2.75) is 19.7 Å². The quantitative estimate of drug-likeness (QED) is 0.668. The maximum absolute atomic E-state index is 5.83. The summed E-state index contributed by atoms with van der Waals surface area (Å²) in [6.07, 6.45) is 0. The van der Waals surface area contributed by atoms with Crippen LogP contribution < -0.4 is 4.74 Å². The van der Waals surface area contributed by atoms with Crippen LogP contribution in [-0.2, 0) is 5.88 Å². The lowest BCUT2D eigenvalue weighted by Gasteiger charge is -2.10. The van der Waals surface area contributed by atoms with Gasteiger partial charge in [-0.2, -0.15) is 0 Å². The smallest absolute Gasteiger partial charge is 0.128 e. The van der Waals surface area contributed by atoms with Crippen molar-refractivity contribution in [3.8, 4) is 11.5 Å². The van der Waals surface area contributed by atoms with Gasteiger partial charge in [-0.15, -0.1) is 11.6 Å². The van der Waals surface area contributed by atoms with Crippen LogP contribution in [0.1, 0.15) is 16.7 Å². The zero-order valence-electron chi connectivity index (χ0n) is 10.3. The lowest BCUT2D eigenvalue weighted by Crippen LogP contribution is -1.88. The van der Waals surface area contributed by atoms with Crippen molar-refractivity contribution in [1.29, 1.82) is 0 Å². The van der Waals surface area contributed by atoms with Crippen LogP contribution >= 0.6 is 27.5 Å². The number of hydrogen-bond acceptors (Lipinski definition) is 1. The number of ether oxygens (including phenoxy) is 1. The van der Waals surface area contributed by atoms with E-state index in [4.69, 9.17) is 16.3 Å². The molecule has 0 aliphatic carbocycles. The van der Waals surface area contributed by atoms with Gasteiger partial charge in [-0.3, -0.25) is 0 Å². The predicted molar refractivity (Wildman–Crippen MR) is 79.7 cm³/mol. The van der Waals surface area contributed by atoms with E-state index in [1.165, 1.54) is 11.1 Å². The second kappa shape index (κ2) is 5.77. The van der Waals surface area contributed by atoms with E-state index in [1.54, 1.807) is 0 Å². The molecule has 0 bridgehead atoms. The van der Waals surface area contributed by atoms with E-state index < -0.39 is 0 Å². The molecule has 2 aromatic carbocycles. The van der Waals surface area contributed by atoms with Gasteiger partial charge >= 0.3 is 0 Å². The monoisotopic (exact) mass is 324 g/mol. The van der Waals surface area contributed by atoms with E-state index in [9.17, 15) is 0 Å². The topological polar surface area (TPSA) is 9.23 Å². The van der Waals surface area contributed by atoms with Crippen LogP contribution in [0.25, 0.3) is 0 Å². The highest BCUT2D eigenvalue weighted by molar-refractivity contribution is 9.10. The molecule has 0 spiro atoms. The Kier molecular flexibility index (Phi) is 4.31. The normalized spacial score (nSPS) is 10.4. The summed E-state index contributed by atoms with van der Waals surface area (Å²) in [7, 11) is 0. The van der Waals surface area contributed by atoms with E-state index >= 15 is 0 Å². The molecule has 0 saturated heterocycles. The minimum absolute atomic E-state index is 0.525. The molecule has 0 aliphatic heterocycles. The molecule has 2 rings (SSSR count). The second-order valence-electron chi connectivity index (χ2n) is 4.25. The van der Waals surface area contributed by atoms with Crippen LogP contribution in [0.15, 0.2) is 40.9 Å². The van der Waals surface area contributed by atoms with E-state index in [-0.39, 0.29) is 0 Å². The maximum Gasteiger partial charge on any atom is 0.128 e. The number of aryl methyl sites for hydroxylation is 2. The van der Waals surface area contributed by atoms with Crippen molar-refractivity contribution in [3.05, 3.63) is 57.6 Å². The Hall–Kier alpha value is -0.990. The highest BCUT2D eigenvalue weighted by Gasteiger charge is 2.04. The number of benzene rings is 2. The van der Waals surface area contributed by atoms with Crippen LogP contribution in [0.4, 0.5) is 0 Å². The summed E-state index contributed by atoms with van der Waals surface area (Å²) in [5, 5.41) is 0. The van der Waals surface area contributed by atoms with Crippen molar-refractivity contribution in [3.63, 3.8) is 0 Å². The minimum atomic E-state index is 0.525. The van der Waals surface area contributed by atoms with Crippen LogP contribution in [0.5, 0.6) is 11.5 Å². The van der Waals surface area contributed by atoms with Crippen LogP contribution in [-0.4, -0.2) is 0 Å². The zero-order chi connectivity index (χ0) is 13.1. The van der Waals surface area contributed by atoms with Crippen LogP contribution in [0.3, 0.4) is 0 Å². The lowest BCUT2D eigenvalue weighted by atomic mass is 10.1. The summed E-state index contributed by atoms with van der Waals surface area (Å²) in [5.41, 5.74) is 3.43. The lowest BCUT2D eigenvalue weighted by molar-refractivity contribution is 0.481. The Balaban J connectivity index is 2.23. The minimum Gasteiger partial charge on any atom is -0.457 e. The van der Waals surface area contributed by atoms with Crippen molar-refractivity contribution < 1.29 is 4.74 Å². The average Bonchev–Trinajstić information content (AvgIpc) is 2.37. The number of halogens is 2. The molecule has 0 saturated carbocycles. The van der Waals surface area contributed by atoms with Crippen molar-refractivity contribution in [2.75, 3.05) is 0 Å². The first-order valence-corrected chi connectivity index (χ1v) is 7.02. The second-order valence-corrected chi connectivity index (χ2v) is 5.31. The molecular formula is C15H14BrClO. The Morgan fingerprint density at radius 3 is 2.06 bits per heavy atom. The molecule has 0 aliphatic rings. The summed E-state index contributed by atoms with van der Waals surface area (Å²) in [4.78, 5) is 0. The number of rotatable bonds is 3. The fourth-order valence-corrected chi connectivity index (χ4v) is 2.15. The SMILES string of the molecule is Cc1cc(Oc2ccc(CCl)cc2)cc(C)c1Br. The molecule has 18 heavy (non-hydrogen) atoms.